The summed E-state index contributed by atoms with van der Waals surface area (Å²) >= 11 is 6.10. The van der Waals surface area contributed by atoms with Crippen LogP contribution in [0.15, 0.2) is 18.2 Å². The van der Waals surface area contributed by atoms with Gasteiger partial charge in [-0.25, -0.2) is 0 Å². The highest BCUT2D eigenvalue weighted by Gasteiger charge is 2.34. The van der Waals surface area contributed by atoms with Crippen molar-refractivity contribution in [2.75, 3.05) is 23.7 Å². The first-order chi connectivity index (χ1) is 9.90. The summed E-state index contributed by atoms with van der Waals surface area (Å²) in [5.74, 6) is -0.201. The maximum absolute atomic E-state index is 12.4. The maximum Gasteiger partial charge on any atom is 0.231 e. The number of hydrogen-bond donors (Lipinski definition) is 3. The topological polar surface area (TPSA) is 70.2 Å². The van der Waals surface area contributed by atoms with Gasteiger partial charge in [-0.2, -0.15) is 0 Å². The van der Waals surface area contributed by atoms with Crippen LogP contribution in [-0.2, 0) is 9.59 Å². The first-order valence-electron chi connectivity index (χ1n) is 7.00. The van der Waals surface area contributed by atoms with E-state index in [0.29, 0.717) is 22.9 Å². The average Bonchev–Trinajstić information content (AvgIpc) is 2.42. The molecule has 1 aliphatic rings. The normalized spacial score (nSPS) is 20.7. The van der Waals surface area contributed by atoms with Gasteiger partial charge < -0.3 is 16.0 Å². The van der Waals surface area contributed by atoms with E-state index in [1.165, 1.54) is 6.92 Å². The van der Waals surface area contributed by atoms with Gasteiger partial charge in [0.2, 0.25) is 11.8 Å². The van der Waals surface area contributed by atoms with Gasteiger partial charge >= 0.3 is 0 Å². The first kappa shape index (κ1) is 18.7. The second kappa shape index (κ2) is 7.81. The number of carbonyl (C=O) groups is 2. The molecule has 22 heavy (non-hydrogen) atoms. The van der Waals surface area contributed by atoms with Crippen LogP contribution in [0.25, 0.3) is 0 Å². The van der Waals surface area contributed by atoms with Gasteiger partial charge in [0.15, 0.2) is 0 Å². The molecule has 1 unspecified atom stereocenters. The second-order valence-corrected chi connectivity index (χ2v) is 6.08. The Bertz CT molecular complexity index is 558. The fourth-order valence-electron chi connectivity index (χ4n) is 2.42. The lowest BCUT2D eigenvalue weighted by Crippen LogP contribution is -2.46. The summed E-state index contributed by atoms with van der Waals surface area (Å²) in [4.78, 5) is 23.4. The van der Waals surface area contributed by atoms with Gasteiger partial charge in [0.25, 0.3) is 0 Å². The summed E-state index contributed by atoms with van der Waals surface area (Å²) in [5.41, 5.74) is 0.764. The molecule has 0 aliphatic carbocycles. The van der Waals surface area contributed by atoms with E-state index in [2.05, 4.69) is 16.0 Å². The van der Waals surface area contributed by atoms with E-state index in [1.54, 1.807) is 18.2 Å². The molecule has 1 fully saturated rings. The van der Waals surface area contributed by atoms with Gasteiger partial charge in [-0.1, -0.05) is 11.6 Å². The molecule has 2 rings (SSSR count). The lowest BCUT2D eigenvalue weighted by atomic mass is 9.82. The number of amides is 2. The van der Waals surface area contributed by atoms with Crippen molar-refractivity contribution in [3.8, 4) is 0 Å². The zero-order valence-electron chi connectivity index (χ0n) is 12.7. The van der Waals surface area contributed by atoms with Crippen LogP contribution in [0.5, 0.6) is 0 Å². The molecule has 0 aromatic heterocycles. The van der Waals surface area contributed by atoms with Gasteiger partial charge in [0.05, 0.1) is 16.1 Å². The first-order valence-corrected chi connectivity index (χ1v) is 7.38. The molecular formula is C15H21Cl2N3O2. The smallest absolute Gasteiger partial charge is 0.231 e. The van der Waals surface area contributed by atoms with Crippen LogP contribution < -0.4 is 16.0 Å². The Morgan fingerprint density at radius 1 is 1.32 bits per heavy atom. The quantitative estimate of drug-likeness (QED) is 0.788. The van der Waals surface area contributed by atoms with Crippen molar-refractivity contribution in [2.24, 2.45) is 5.41 Å². The Kier molecular flexibility index (Phi) is 6.66. The number of hydrogen-bond acceptors (Lipinski definition) is 3. The summed E-state index contributed by atoms with van der Waals surface area (Å²) < 4.78 is 0. The Hall–Kier alpha value is -1.30. The molecule has 5 nitrogen and oxygen atoms in total. The minimum atomic E-state index is -0.402. The molecule has 1 aromatic rings. The molecule has 0 saturated carbocycles. The van der Waals surface area contributed by atoms with E-state index in [9.17, 15) is 9.59 Å². The minimum absolute atomic E-state index is 0. The van der Waals surface area contributed by atoms with E-state index < -0.39 is 5.41 Å². The lowest BCUT2D eigenvalue weighted by molar-refractivity contribution is -0.125. The molecule has 1 aliphatic heterocycles. The zero-order chi connectivity index (χ0) is 15.5. The van der Waals surface area contributed by atoms with Crippen molar-refractivity contribution >= 4 is 47.2 Å². The predicted octanol–water partition coefficient (Wildman–Crippen LogP) is 3.05. The van der Waals surface area contributed by atoms with Crippen molar-refractivity contribution < 1.29 is 9.59 Å². The number of anilines is 2. The zero-order valence-corrected chi connectivity index (χ0v) is 14.2. The van der Waals surface area contributed by atoms with E-state index in [-0.39, 0.29) is 24.2 Å². The van der Waals surface area contributed by atoms with E-state index in [4.69, 9.17) is 11.6 Å². The fourth-order valence-corrected chi connectivity index (χ4v) is 2.64. The minimum Gasteiger partial charge on any atom is -0.326 e. The monoisotopic (exact) mass is 345 g/mol. The van der Waals surface area contributed by atoms with Gasteiger partial charge in [0, 0.05) is 19.2 Å². The molecule has 1 heterocycles. The van der Waals surface area contributed by atoms with Crippen LogP contribution >= 0.6 is 24.0 Å². The number of benzene rings is 1. The van der Waals surface area contributed by atoms with E-state index in [1.807, 2.05) is 6.92 Å². The van der Waals surface area contributed by atoms with E-state index in [0.717, 1.165) is 19.4 Å². The van der Waals surface area contributed by atoms with Gasteiger partial charge in [-0.3, -0.25) is 9.59 Å². The summed E-state index contributed by atoms with van der Waals surface area (Å²) in [6.07, 6.45) is 1.86. The Labute approximate surface area is 141 Å². The average molecular weight is 346 g/mol. The van der Waals surface area contributed by atoms with Crippen LogP contribution in [0.3, 0.4) is 0 Å². The van der Waals surface area contributed by atoms with Gasteiger partial charge in [-0.15, -0.1) is 12.4 Å². The van der Waals surface area contributed by atoms with Crippen molar-refractivity contribution in [3.63, 3.8) is 0 Å². The Morgan fingerprint density at radius 2 is 2.05 bits per heavy atom. The largest absolute Gasteiger partial charge is 0.326 e. The Balaban J connectivity index is 0.00000242. The van der Waals surface area contributed by atoms with Crippen LogP contribution in [0.4, 0.5) is 11.4 Å². The highest BCUT2D eigenvalue weighted by molar-refractivity contribution is 6.34. The number of nitrogens with one attached hydrogen (secondary N) is 3. The summed E-state index contributed by atoms with van der Waals surface area (Å²) in [6.45, 7) is 5.02. The van der Waals surface area contributed by atoms with Crippen LogP contribution in [-0.4, -0.2) is 24.9 Å². The van der Waals surface area contributed by atoms with Crippen molar-refractivity contribution in [1.29, 1.82) is 0 Å². The van der Waals surface area contributed by atoms with E-state index >= 15 is 0 Å². The fraction of sp³-hybridized carbons (Fsp3) is 0.467. The maximum atomic E-state index is 12.4. The molecule has 0 radical (unpaired) electrons. The molecule has 0 spiro atoms. The van der Waals surface area contributed by atoms with Gasteiger partial charge in [-0.05, 0) is 44.5 Å². The molecule has 2 amide bonds. The third kappa shape index (κ3) is 4.60. The SMILES string of the molecule is CC(=O)Nc1ccc(NC(=O)C2(C)CCCNC2)cc1Cl.Cl. The highest BCUT2D eigenvalue weighted by atomic mass is 35.5. The highest BCUT2D eigenvalue weighted by Crippen LogP contribution is 2.29. The Morgan fingerprint density at radius 3 is 2.59 bits per heavy atom. The van der Waals surface area contributed by atoms with Crippen molar-refractivity contribution in [3.05, 3.63) is 23.2 Å². The molecule has 1 atom stereocenters. The lowest BCUT2D eigenvalue weighted by Gasteiger charge is -2.32. The van der Waals surface area contributed by atoms with Crippen LogP contribution in [0, 0.1) is 5.41 Å². The van der Waals surface area contributed by atoms with Crippen LogP contribution in [0.1, 0.15) is 26.7 Å². The summed E-state index contributed by atoms with van der Waals surface area (Å²) in [6, 6.07) is 5.06. The molecule has 0 bridgehead atoms. The standard InChI is InChI=1S/C15H20ClN3O2.ClH/c1-10(20)18-13-5-4-11(8-12(13)16)19-14(21)15(2)6-3-7-17-9-15;/h4-5,8,17H,3,6-7,9H2,1-2H3,(H,18,20)(H,19,21);1H. The van der Waals surface area contributed by atoms with Crippen molar-refractivity contribution in [1.82, 2.24) is 5.32 Å². The number of piperidine rings is 1. The summed E-state index contributed by atoms with van der Waals surface area (Å²) in [7, 11) is 0. The molecular weight excluding hydrogens is 325 g/mol. The third-order valence-corrected chi connectivity index (χ3v) is 4.00. The summed E-state index contributed by atoms with van der Waals surface area (Å²) in [5, 5.41) is 9.18. The number of rotatable bonds is 3. The molecule has 7 heteroatoms. The second-order valence-electron chi connectivity index (χ2n) is 5.67. The third-order valence-electron chi connectivity index (χ3n) is 3.68. The number of carbonyl (C=O) groups excluding carboxylic acids is 2. The number of halogens is 2. The molecule has 1 aromatic carbocycles. The van der Waals surface area contributed by atoms with Crippen LogP contribution in [0.2, 0.25) is 5.02 Å². The molecule has 1 saturated heterocycles. The molecule has 3 N–H and O–H groups in total. The predicted molar refractivity (Wildman–Crippen MR) is 91.8 cm³/mol. The van der Waals surface area contributed by atoms with Gasteiger partial charge in [0.1, 0.15) is 0 Å². The molecule has 122 valence electrons. The van der Waals surface area contributed by atoms with Crippen molar-refractivity contribution in [2.45, 2.75) is 26.7 Å².